The van der Waals surface area contributed by atoms with Crippen molar-refractivity contribution in [1.29, 1.82) is 0 Å². The van der Waals surface area contributed by atoms with Crippen molar-refractivity contribution in [2.24, 2.45) is 5.92 Å². The molecule has 86 valence electrons. The number of hydrogen-bond acceptors (Lipinski definition) is 3. The van der Waals surface area contributed by atoms with E-state index in [1.165, 1.54) is 6.42 Å². The standard InChI is InChI=1S/C11H25NO2/c1-5-11(12-3)10(2)6-7-14-9-8-13-4/h10-12H,5-9H2,1-4H3. The molecule has 0 aromatic heterocycles. The second-order valence-electron chi connectivity index (χ2n) is 3.67. The van der Waals surface area contributed by atoms with E-state index in [-0.39, 0.29) is 0 Å². The molecule has 3 nitrogen and oxygen atoms in total. The third kappa shape index (κ3) is 6.35. The molecule has 0 aliphatic rings. The number of methoxy groups -OCH3 is 1. The zero-order valence-corrected chi connectivity index (χ0v) is 10.0. The van der Waals surface area contributed by atoms with E-state index in [1.54, 1.807) is 7.11 Å². The van der Waals surface area contributed by atoms with Crippen LogP contribution in [0.5, 0.6) is 0 Å². The minimum absolute atomic E-state index is 0.612. The van der Waals surface area contributed by atoms with Crippen LogP contribution in [-0.2, 0) is 9.47 Å². The molecular weight excluding hydrogens is 178 g/mol. The zero-order valence-electron chi connectivity index (χ0n) is 10.0. The fourth-order valence-electron chi connectivity index (χ4n) is 1.61. The highest BCUT2D eigenvalue weighted by Crippen LogP contribution is 2.10. The van der Waals surface area contributed by atoms with E-state index in [4.69, 9.17) is 9.47 Å². The maximum atomic E-state index is 5.43. The normalized spacial score (nSPS) is 15.4. The monoisotopic (exact) mass is 203 g/mol. The maximum Gasteiger partial charge on any atom is 0.0700 e. The Labute approximate surface area is 88.2 Å². The van der Waals surface area contributed by atoms with E-state index < -0.39 is 0 Å². The molecule has 0 fully saturated rings. The summed E-state index contributed by atoms with van der Waals surface area (Å²) in [5.74, 6) is 0.674. The summed E-state index contributed by atoms with van der Waals surface area (Å²) in [6, 6.07) is 0.612. The molecule has 0 amide bonds. The van der Waals surface area contributed by atoms with E-state index in [0.717, 1.165) is 13.0 Å². The Morgan fingerprint density at radius 1 is 1.21 bits per heavy atom. The van der Waals surface area contributed by atoms with E-state index in [9.17, 15) is 0 Å². The third-order valence-corrected chi connectivity index (χ3v) is 2.65. The molecule has 0 saturated heterocycles. The SMILES string of the molecule is CCC(NC)C(C)CCOCCOC. The molecule has 2 atom stereocenters. The zero-order chi connectivity index (χ0) is 10.8. The molecule has 0 rings (SSSR count). The second-order valence-corrected chi connectivity index (χ2v) is 3.67. The predicted octanol–water partition coefficient (Wildman–Crippen LogP) is 1.67. The van der Waals surface area contributed by atoms with Gasteiger partial charge in [0, 0.05) is 19.8 Å². The van der Waals surface area contributed by atoms with E-state index in [0.29, 0.717) is 25.2 Å². The minimum Gasteiger partial charge on any atom is -0.382 e. The summed E-state index contributed by atoms with van der Waals surface area (Å²) in [5.41, 5.74) is 0. The molecule has 14 heavy (non-hydrogen) atoms. The number of nitrogens with one attached hydrogen (secondary N) is 1. The lowest BCUT2D eigenvalue weighted by atomic mass is 9.97. The Morgan fingerprint density at radius 2 is 1.93 bits per heavy atom. The molecule has 0 bridgehead atoms. The van der Waals surface area contributed by atoms with E-state index in [1.807, 2.05) is 7.05 Å². The molecule has 0 saturated carbocycles. The summed E-state index contributed by atoms with van der Waals surface area (Å²) in [6.45, 7) is 6.72. The van der Waals surface area contributed by atoms with Crippen molar-refractivity contribution < 1.29 is 9.47 Å². The number of rotatable bonds is 9. The lowest BCUT2D eigenvalue weighted by molar-refractivity contribution is 0.0624. The molecule has 0 aromatic carbocycles. The topological polar surface area (TPSA) is 30.5 Å². The first-order chi connectivity index (χ1) is 6.76. The van der Waals surface area contributed by atoms with Gasteiger partial charge in [0.15, 0.2) is 0 Å². The van der Waals surface area contributed by atoms with Gasteiger partial charge in [-0.3, -0.25) is 0 Å². The van der Waals surface area contributed by atoms with Crippen molar-refractivity contribution in [3.63, 3.8) is 0 Å². The number of ether oxygens (including phenoxy) is 2. The van der Waals surface area contributed by atoms with Gasteiger partial charge in [-0.1, -0.05) is 13.8 Å². The predicted molar refractivity (Wildman–Crippen MR) is 59.6 cm³/mol. The van der Waals surface area contributed by atoms with Crippen LogP contribution in [0.15, 0.2) is 0 Å². The fraction of sp³-hybridized carbons (Fsp3) is 1.00. The lowest BCUT2D eigenvalue weighted by Crippen LogP contribution is -2.32. The van der Waals surface area contributed by atoms with Crippen LogP contribution < -0.4 is 5.32 Å². The van der Waals surface area contributed by atoms with E-state index in [2.05, 4.69) is 19.2 Å². The first-order valence-corrected chi connectivity index (χ1v) is 5.50. The van der Waals surface area contributed by atoms with Crippen molar-refractivity contribution in [3.05, 3.63) is 0 Å². The maximum absolute atomic E-state index is 5.43. The van der Waals surface area contributed by atoms with Crippen LogP contribution in [-0.4, -0.2) is 40.0 Å². The molecule has 0 spiro atoms. The summed E-state index contributed by atoms with van der Waals surface area (Å²) in [6.07, 6.45) is 2.29. The Balaban J connectivity index is 3.37. The highest BCUT2D eigenvalue weighted by Gasteiger charge is 2.12. The second kappa shape index (κ2) is 9.44. The average Bonchev–Trinajstić information content (AvgIpc) is 2.19. The van der Waals surface area contributed by atoms with Crippen molar-refractivity contribution in [2.45, 2.75) is 32.7 Å². The summed E-state index contributed by atoms with van der Waals surface area (Å²) in [7, 11) is 3.72. The van der Waals surface area contributed by atoms with Gasteiger partial charge in [0.05, 0.1) is 13.2 Å². The van der Waals surface area contributed by atoms with Crippen LogP contribution in [0.25, 0.3) is 0 Å². The Hall–Kier alpha value is -0.120. The van der Waals surface area contributed by atoms with Crippen LogP contribution in [0.4, 0.5) is 0 Å². The molecule has 0 aliphatic heterocycles. The first-order valence-electron chi connectivity index (χ1n) is 5.50. The lowest BCUT2D eigenvalue weighted by Gasteiger charge is -2.21. The van der Waals surface area contributed by atoms with Gasteiger partial charge in [0.2, 0.25) is 0 Å². The smallest absolute Gasteiger partial charge is 0.0700 e. The van der Waals surface area contributed by atoms with Gasteiger partial charge in [0.25, 0.3) is 0 Å². The highest BCUT2D eigenvalue weighted by molar-refractivity contribution is 4.69. The Bertz CT molecular complexity index is 116. The Kier molecular flexibility index (Phi) is 9.35. The summed E-state index contributed by atoms with van der Waals surface area (Å²) < 4.78 is 10.3. The van der Waals surface area contributed by atoms with Gasteiger partial charge in [-0.2, -0.15) is 0 Å². The summed E-state index contributed by atoms with van der Waals surface area (Å²) in [5, 5.41) is 3.32. The molecule has 0 aliphatic carbocycles. The molecule has 3 heteroatoms. The van der Waals surface area contributed by atoms with Crippen LogP contribution in [0.2, 0.25) is 0 Å². The third-order valence-electron chi connectivity index (χ3n) is 2.65. The van der Waals surface area contributed by atoms with Crippen molar-refractivity contribution in [1.82, 2.24) is 5.32 Å². The van der Waals surface area contributed by atoms with Gasteiger partial charge >= 0.3 is 0 Å². The molecule has 0 aromatic rings. The largest absolute Gasteiger partial charge is 0.382 e. The molecule has 1 N–H and O–H groups in total. The van der Waals surface area contributed by atoms with E-state index >= 15 is 0 Å². The van der Waals surface area contributed by atoms with Gasteiger partial charge in [0.1, 0.15) is 0 Å². The highest BCUT2D eigenvalue weighted by atomic mass is 16.5. The van der Waals surface area contributed by atoms with Crippen LogP contribution >= 0.6 is 0 Å². The van der Waals surface area contributed by atoms with Gasteiger partial charge in [-0.25, -0.2) is 0 Å². The fourth-order valence-corrected chi connectivity index (χ4v) is 1.61. The minimum atomic E-state index is 0.612. The summed E-state index contributed by atoms with van der Waals surface area (Å²) in [4.78, 5) is 0. The van der Waals surface area contributed by atoms with Gasteiger partial charge < -0.3 is 14.8 Å². The van der Waals surface area contributed by atoms with Crippen LogP contribution in [0.1, 0.15) is 26.7 Å². The molecule has 0 radical (unpaired) electrons. The Morgan fingerprint density at radius 3 is 2.43 bits per heavy atom. The number of hydrogen-bond donors (Lipinski definition) is 1. The van der Waals surface area contributed by atoms with Crippen LogP contribution in [0.3, 0.4) is 0 Å². The summed E-state index contributed by atoms with van der Waals surface area (Å²) >= 11 is 0. The first kappa shape index (κ1) is 13.9. The van der Waals surface area contributed by atoms with Crippen molar-refractivity contribution >= 4 is 0 Å². The average molecular weight is 203 g/mol. The van der Waals surface area contributed by atoms with Crippen molar-refractivity contribution in [2.75, 3.05) is 34.0 Å². The van der Waals surface area contributed by atoms with Gasteiger partial charge in [-0.15, -0.1) is 0 Å². The molecular formula is C11H25NO2. The molecule has 2 unspecified atom stereocenters. The quantitative estimate of drug-likeness (QED) is 0.578. The molecule has 0 heterocycles. The van der Waals surface area contributed by atoms with Crippen LogP contribution in [0, 0.1) is 5.92 Å². The van der Waals surface area contributed by atoms with Gasteiger partial charge in [-0.05, 0) is 25.8 Å². The van der Waals surface area contributed by atoms with Crippen molar-refractivity contribution in [3.8, 4) is 0 Å².